The highest BCUT2D eigenvalue weighted by Gasteiger charge is 2.18. The molecular weight excluding hydrogens is 226 g/mol. The molecule has 2 rings (SSSR count). The minimum absolute atomic E-state index is 0.128. The maximum absolute atomic E-state index is 6.27. The van der Waals surface area contributed by atoms with Crippen LogP contribution >= 0.6 is 0 Å². The van der Waals surface area contributed by atoms with Gasteiger partial charge >= 0.3 is 0 Å². The standard InChI is InChI=1S/C15H23NO2/c1-2-18-14-5-3-13(4-6-14)15(16)11-12-7-9-17-10-8-12/h3-6,12,15H,2,7-11,16H2,1H3. The van der Waals surface area contributed by atoms with Crippen molar-refractivity contribution in [3.05, 3.63) is 29.8 Å². The number of hydrogen-bond acceptors (Lipinski definition) is 3. The summed E-state index contributed by atoms with van der Waals surface area (Å²) >= 11 is 0. The van der Waals surface area contributed by atoms with Crippen LogP contribution in [0.5, 0.6) is 5.75 Å². The molecule has 0 spiro atoms. The summed E-state index contributed by atoms with van der Waals surface area (Å²) in [7, 11) is 0. The largest absolute Gasteiger partial charge is 0.494 e. The van der Waals surface area contributed by atoms with Gasteiger partial charge in [0.2, 0.25) is 0 Å². The average Bonchev–Trinajstić information content (AvgIpc) is 2.41. The van der Waals surface area contributed by atoms with Gasteiger partial charge in [-0.15, -0.1) is 0 Å². The third-order valence-electron chi connectivity index (χ3n) is 3.55. The van der Waals surface area contributed by atoms with Crippen LogP contribution in [0.2, 0.25) is 0 Å². The van der Waals surface area contributed by atoms with Crippen LogP contribution in [-0.2, 0) is 4.74 Å². The summed E-state index contributed by atoms with van der Waals surface area (Å²) in [5.41, 5.74) is 7.47. The summed E-state index contributed by atoms with van der Waals surface area (Å²) in [5, 5.41) is 0. The second-order valence-corrected chi connectivity index (χ2v) is 4.90. The monoisotopic (exact) mass is 249 g/mol. The van der Waals surface area contributed by atoms with Gasteiger partial charge in [0, 0.05) is 19.3 Å². The molecule has 0 saturated carbocycles. The van der Waals surface area contributed by atoms with E-state index >= 15 is 0 Å². The van der Waals surface area contributed by atoms with Crippen LogP contribution in [-0.4, -0.2) is 19.8 Å². The van der Waals surface area contributed by atoms with Crippen molar-refractivity contribution >= 4 is 0 Å². The zero-order chi connectivity index (χ0) is 12.8. The SMILES string of the molecule is CCOc1ccc(C(N)CC2CCOCC2)cc1. The normalized spacial score (nSPS) is 18.6. The third kappa shape index (κ3) is 3.72. The molecule has 1 aliphatic heterocycles. The molecule has 3 nitrogen and oxygen atoms in total. The number of rotatable bonds is 5. The van der Waals surface area contributed by atoms with E-state index in [9.17, 15) is 0 Å². The maximum atomic E-state index is 6.27. The molecule has 1 aliphatic rings. The topological polar surface area (TPSA) is 44.5 Å². The van der Waals surface area contributed by atoms with Crippen LogP contribution in [0.1, 0.15) is 37.8 Å². The van der Waals surface area contributed by atoms with Crippen LogP contribution < -0.4 is 10.5 Å². The molecule has 1 saturated heterocycles. The number of hydrogen-bond donors (Lipinski definition) is 1. The van der Waals surface area contributed by atoms with E-state index in [0.717, 1.165) is 38.2 Å². The first kappa shape index (κ1) is 13.4. The summed E-state index contributed by atoms with van der Waals surface area (Å²) in [6.45, 7) is 4.47. The van der Waals surface area contributed by atoms with Crippen molar-refractivity contribution in [2.45, 2.75) is 32.2 Å². The summed E-state index contributed by atoms with van der Waals surface area (Å²) < 4.78 is 10.8. The Morgan fingerprint density at radius 3 is 2.56 bits per heavy atom. The lowest BCUT2D eigenvalue weighted by atomic mass is 9.90. The molecule has 0 aromatic heterocycles. The second kappa shape index (κ2) is 6.76. The van der Waals surface area contributed by atoms with Crippen molar-refractivity contribution < 1.29 is 9.47 Å². The fourth-order valence-electron chi connectivity index (χ4n) is 2.46. The molecule has 1 fully saturated rings. The minimum Gasteiger partial charge on any atom is -0.494 e. The summed E-state index contributed by atoms with van der Waals surface area (Å²) in [6.07, 6.45) is 3.34. The second-order valence-electron chi connectivity index (χ2n) is 4.90. The van der Waals surface area contributed by atoms with Gasteiger partial charge in [-0.25, -0.2) is 0 Å². The lowest BCUT2D eigenvalue weighted by molar-refractivity contribution is 0.0618. The molecule has 3 heteroatoms. The quantitative estimate of drug-likeness (QED) is 0.872. The van der Waals surface area contributed by atoms with Gasteiger partial charge in [-0.3, -0.25) is 0 Å². The number of nitrogens with two attached hydrogens (primary N) is 1. The highest BCUT2D eigenvalue weighted by molar-refractivity contribution is 5.29. The van der Waals surface area contributed by atoms with Gasteiger partial charge in [-0.2, -0.15) is 0 Å². The average molecular weight is 249 g/mol. The fraction of sp³-hybridized carbons (Fsp3) is 0.600. The molecule has 18 heavy (non-hydrogen) atoms. The summed E-state index contributed by atoms with van der Waals surface area (Å²) in [4.78, 5) is 0. The molecule has 0 radical (unpaired) electrons. The first-order valence-electron chi connectivity index (χ1n) is 6.85. The van der Waals surface area contributed by atoms with Crippen LogP contribution in [0.3, 0.4) is 0 Å². The molecule has 1 aromatic rings. The molecule has 2 N–H and O–H groups in total. The van der Waals surface area contributed by atoms with E-state index in [-0.39, 0.29) is 6.04 Å². The van der Waals surface area contributed by atoms with Crippen LogP contribution in [0.15, 0.2) is 24.3 Å². The van der Waals surface area contributed by atoms with Gasteiger partial charge in [0.05, 0.1) is 6.61 Å². The predicted octanol–water partition coefficient (Wildman–Crippen LogP) is 2.90. The van der Waals surface area contributed by atoms with Gasteiger partial charge in [-0.05, 0) is 49.8 Å². The van der Waals surface area contributed by atoms with Crippen molar-refractivity contribution in [3.63, 3.8) is 0 Å². The summed E-state index contributed by atoms with van der Waals surface area (Å²) in [6, 6.07) is 8.29. The van der Waals surface area contributed by atoms with Gasteiger partial charge in [0.15, 0.2) is 0 Å². The molecular formula is C15H23NO2. The van der Waals surface area contributed by atoms with E-state index in [0.29, 0.717) is 12.5 Å². The molecule has 1 atom stereocenters. The molecule has 0 amide bonds. The van der Waals surface area contributed by atoms with Crippen LogP contribution in [0.25, 0.3) is 0 Å². The fourth-order valence-corrected chi connectivity index (χ4v) is 2.46. The minimum atomic E-state index is 0.128. The van der Waals surface area contributed by atoms with E-state index in [1.807, 2.05) is 19.1 Å². The van der Waals surface area contributed by atoms with Gasteiger partial charge < -0.3 is 15.2 Å². The Hall–Kier alpha value is -1.06. The maximum Gasteiger partial charge on any atom is 0.119 e. The Kier molecular flexibility index (Phi) is 5.02. The zero-order valence-corrected chi connectivity index (χ0v) is 11.1. The van der Waals surface area contributed by atoms with Crippen molar-refractivity contribution in [2.75, 3.05) is 19.8 Å². The van der Waals surface area contributed by atoms with Crippen molar-refractivity contribution in [3.8, 4) is 5.75 Å². The highest BCUT2D eigenvalue weighted by Crippen LogP contribution is 2.26. The molecule has 1 aromatic carbocycles. The van der Waals surface area contributed by atoms with Crippen molar-refractivity contribution in [1.29, 1.82) is 0 Å². The number of ether oxygens (including phenoxy) is 2. The smallest absolute Gasteiger partial charge is 0.119 e. The van der Waals surface area contributed by atoms with Crippen LogP contribution in [0.4, 0.5) is 0 Å². The van der Waals surface area contributed by atoms with E-state index in [4.69, 9.17) is 15.2 Å². The molecule has 0 aliphatic carbocycles. The van der Waals surface area contributed by atoms with E-state index in [1.165, 1.54) is 5.56 Å². The lowest BCUT2D eigenvalue weighted by Crippen LogP contribution is -2.21. The first-order chi connectivity index (χ1) is 8.79. The predicted molar refractivity (Wildman–Crippen MR) is 72.7 cm³/mol. The molecule has 100 valence electrons. The van der Waals surface area contributed by atoms with Gasteiger partial charge in [0.1, 0.15) is 5.75 Å². The molecule has 1 heterocycles. The van der Waals surface area contributed by atoms with E-state index < -0.39 is 0 Å². The first-order valence-corrected chi connectivity index (χ1v) is 6.85. The highest BCUT2D eigenvalue weighted by atomic mass is 16.5. The van der Waals surface area contributed by atoms with Crippen molar-refractivity contribution in [1.82, 2.24) is 0 Å². The molecule has 0 bridgehead atoms. The zero-order valence-electron chi connectivity index (χ0n) is 11.1. The lowest BCUT2D eigenvalue weighted by Gasteiger charge is -2.25. The van der Waals surface area contributed by atoms with E-state index in [1.54, 1.807) is 0 Å². The molecule has 1 unspecified atom stereocenters. The Morgan fingerprint density at radius 1 is 1.28 bits per heavy atom. The van der Waals surface area contributed by atoms with Crippen LogP contribution in [0, 0.1) is 5.92 Å². The number of benzene rings is 1. The van der Waals surface area contributed by atoms with Crippen molar-refractivity contribution in [2.24, 2.45) is 11.7 Å². The Morgan fingerprint density at radius 2 is 1.94 bits per heavy atom. The van der Waals surface area contributed by atoms with Gasteiger partial charge in [0.25, 0.3) is 0 Å². The van der Waals surface area contributed by atoms with Gasteiger partial charge in [-0.1, -0.05) is 12.1 Å². The Bertz CT molecular complexity index is 344. The Balaban J connectivity index is 1.89. The van der Waals surface area contributed by atoms with E-state index in [2.05, 4.69) is 12.1 Å². The third-order valence-corrected chi connectivity index (χ3v) is 3.55. The summed E-state index contributed by atoms with van der Waals surface area (Å²) in [5.74, 6) is 1.62. The Labute approximate surface area is 109 Å².